The summed E-state index contributed by atoms with van der Waals surface area (Å²) < 4.78 is 5.30. The molecular weight excluding hydrogens is 214 g/mol. The second kappa shape index (κ2) is 4.28. The van der Waals surface area contributed by atoms with Crippen LogP contribution in [0.3, 0.4) is 0 Å². The van der Waals surface area contributed by atoms with Gasteiger partial charge in [-0.15, -0.1) is 0 Å². The highest BCUT2D eigenvalue weighted by Crippen LogP contribution is 2.33. The van der Waals surface area contributed by atoms with Gasteiger partial charge in [0.25, 0.3) is 5.89 Å². The fourth-order valence-corrected chi connectivity index (χ4v) is 2.30. The van der Waals surface area contributed by atoms with Gasteiger partial charge in [-0.05, 0) is 31.9 Å². The van der Waals surface area contributed by atoms with Crippen molar-refractivity contribution in [3.05, 3.63) is 29.8 Å². The summed E-state index contributed by atoms with van der Waals surface area (Å²) in [6.07, 6.45) is 6.71. The summed E-state index contributed by atoms with van der Waals surface area (Å²) in [5.74, 6) is 1.93. The molecule has 2 heterocycles. The third-order valence-corrected chi connectivity index (χ3v) is 3.32. The molecule has 0 atom stereocenters. The number of aromatic nitrogens is 3. The zero-order valence-corrected chi connectivity index (χ0v) is 9.89. The number of hydrogen-bond acceptors (Lipinski definition) is 4. The molecule has 1 aliphatic rings. The lowest BCUT2D eigenvalue weighted by Gasteiger charge is -1.99. The van der Waals surface area contributed by atoms with E-state index in [-0.39, 0.29) is 0 Å². The molecule has 0 aromatic carbocycles. The van der Waals surface area contributed by atoms with Gasteiger partial charge in [0.15, 0.2) is 5.82 Å². The van der Waals surface area contributed by atoms with Crippen molar-refractivity contribution in [3.63, 3.8) is 0 Å². The van der Waals surface area contributed by atoms with Gasteiger partial charge in [0.1, 0.15) is 0 Å². The van der Waals surface area contributed by atoms with E-state index in [1.165, 1.54) is 25.7 Å². The van der Waals surface area contributed by atoms with Gasteiger partial charge in [0.05, 0.1) is 5.56 Å². The lowest BCUT2D eigenvalue weighted by Crippen LogP contribution is -1.94. The van der Waals surface area contributed by atoms with Gasteiger partial charge in [-0.25, -0.2) is 0 Å². The minimum atomic E-state index is 0.492. The lowest BCUT2D eigenvalue weighted by molar-refractivity contribution is 0.415. The largest absolute Gasteiger partial charge is 0.334 e. The van der Waals surface area contributed by atoms with Crippen molar-refractivity contribution in [1.29, 1.82) is 0 Å². The first-order valence-corrected chi connectivity index (χ1v) is 6.09. The zero-order valence-electron chi connectivity index (χ0n) is 9.89. The molecule has 0 N–H and O–H groups in total. The normalized spacial score (nSPS) is 16.5. The van der Waals surface area contributed by atoms with Gasteiger partial charge in [-0.3, -0.25) is 4.98 Å². The molecule has 3 rings (SSSR count). The van der Waals surface area contributed by atoms with Gasteiger partial charge in [0, 0.05) is 17.8 Å². The monoisotopic (exact) mass is 229 g/mol. The molecule has 17 heavy (non-hydrogen) atoms. The Morgan fingerprint density at radius 2 is 2.06 bits per heavy atom. The van der Waals surface area contributed by atoms with Crippen LogP contribution in [-0.2, 0) is 0 Å². The van der Waals surface area contributed by atoms with E-state index in [9.17, 15) is 0 Å². The molecule has 0 bridgehead atoms. The highest BCUT2D eigenvalue weighted by molar-refractivity contribution is 5.50. The minimum Gasteiger partial charge on any atom is -0.334 e. The molecule has 0 radical (unpaired) electrons. The van der Waals surface area contributed by atoms with E-state index in [4.69, 9.17) is 4.52 Å². The van der Waals surface area contributed by atoms with Crippen LogP contribution in [0, 0.1) is 6.92 Å². The van der Waals surface area contributed by atoms with E-state index >= 15 is 0 Å². The van der Waals surface area contributed by atoms with Gasteiger partial charge >= 0.3 is 0 Å². The molecule has 4 nitrogen and oxygen atoms in total. The highest BCUT2D eigenvalue weighted by Gasteiger charge is 2.22. The maximum atomic E-state index is 5.30. The van der Waals surface area contributed by atoms with Gasteiger partial charge < -0.3 is 4.52 Å². The Labute approximate surface area is 100 Å². The van der Waals surface area contributed by atoms with Crippen LogP contribution in [0.4, 0.5) is 0 Å². The van der Waals surface area contributed by atoms with Crippen molar-refractivity contribution in [3.8, 4) is 11.5 Å². The molecule has 1 aliphatic carbocycles. The van der Waals surface area contributed by atoms with Crippen molar-refractivity contribution < 1.29 is 4.52 Å². The quantitative estimate of drug-likeness (QED) is 0.794. The van der Waals surface area contributed by atoms with Crippen molar-refractivity contribution in [2.45, 2.75) is 38.5 Å². The molecule has 0 amide bonds. The van der Waals surface area contributed by atoms with Crippen molar-refractivity contribution >= 4 is 0 Å². The summed E-state index contributed by atoms with van der Waals surface area (Å²) in [6, 6.07) is 3.92. The standard InChI is InChI=1S/C13H15N3O/c1-9-6-7-11(8-14-9)13-15-12(16-17-13)10-4-2-3-5-10/h6-8,10H,2-5H2,1H3. The maximum Gasteiger partial charge on any atom is 0.259 e. The minimum absolute atomic E-state index is 0.492. The zero-order chi connectivity index (χ0) is 11.7. The summed E-state index contributed by atoms with van der Waals surface area (Å²) in [4.78, 5) is 8.71. The molecular formula is C13H15N3O. The second-order valence-corrected chi connectivity index (χ2v) is 4.63. The lowest BCUT2D eigenvalue weighted by atomic mass is 10.1. The number of rotatable bonds is 2. The molecule has 0 aliphatic heterocycles. The Balaban J connectivity index is 1.86. The number of hydrogen-bond donors (Lipinski definition) is 0. The third-order valence-electron chi connectivity index (χ3n) is 3.32. The summed E-state index contributed by atoms with van der Waals surface area (Å²) in [6.45, 7) is 1.96. The molecule has 4 heteroatoms. The van der Waals surface area contributed by atoms with Gasteiger partial charge in [0.2, 0.25) is 0 Å². The van der Waals surface area contributed by atoms with E-state index < -0.39 is 0 Å². The van der Waals surface area contributed by atoms with E-state index in [2.05, 4.69) is 15.1 Å². The van der Waals surface area contributed by atoms with E-state index in [0.717, 1.165) is 17.1 Å². The van der Waals surface area contributed by atoms with Crippen LogP contribution in [0.1, 0.15) is 43.1 Å². The molecule has 0 saturated heterocycles. The summed E-state index contributed by atoms with van der Waals surface area (Å²) >= 11 is 0. The topological polar surface area (TPSA) is 51.8 Å². The predicted molar refractivity (Wildman–Crippen MR) is 63.5 cm³/mol. The Hall–Kier alpha value is -1.71. The van der Waals surface area contributed by atoms with E-state index in [1.54, 1.807) is 6.20 Å². The molecule has 1 saturated carbocycles. The fourth-order valence-electron chi connectivity index (χ4n) is 2.30. The van der Waals surface area contributed by atoms with Crippen LogP contribution in [0.25, 0.3) is 11.5 Å². The van der Waals surface area contributed by atoms with Gasteiger partial charge in [-0.1, -0.05) is 18.0 Å². The predicted octanol–water partition coefficient (Wildman–Crippen LogP) is 3.10. The number of aryl methyl sites for hydroxylation is 1. The molecule has 2 aromatic heterocycles. The molecule has 0 spiro atoms. The molecule has 0 unspecified atom stereocenters. The average molecular weight is 229 g/mol. The third kappa shape index (κ3) is 2.07. The maximum absolute atomic E-state index is 5.30. The van der Waals surface area contributed by atoms with Crippen molar-refractivity contribution in [2.24, 2.45) is 0 Å². The first-order chi connectivity index (χ1) is 8.33. The van der Waals surface area contributed by atoms with Crippen LogP contribution in [0.15, 0.2) is 22.9 Å². The van der Waals surface area contributed by atoms with Crippen LogP contribution in [0.5, 0.6) is 0 Å². The average Bonchev–Trinajstić information content (AvgIpc) is 3.00. The summed E-state index contributed by atoms with van der Waals surface area (Å²) in [5.41, 5.74) is 1.89. The van der Waals surface area contributed by atoms with Crippen LogP contribution in [-0.4, -0.2) is 15.1 Å². The van der Waals surface area contributed by atoms with E-state index in [1.807, 2.05) is 19.1 Å². The summed E-state index contributed by atoms with van der Waals surface area (Å²) in [7, 11) is 0. The second-order valence-electron chi connectivity index (χ2n) is 4.63. The van der Waals surface area contributed by atoms with Crippen molar-refractivity contribution in [1.82, 2.24) is 15.1 Å². The molecule has 1 fully saturated rings. The van der Waals surface area contributed by atoms with E-state index in [0.29, 0.717) is 11.8 Å². The molecule has 2 aromatic rings. The molecule has 88 valence electrons. The summed E-state index contributed by atoms with van der Waals surface area (Å²) in [5, 5.41) is 4.08. The Morgan fingerprint density at radius 3 is 2.76 bits per heavy atom. The van der Waals surface area contributed by atoms with Crippen LogP contribution < -0.4 is 0 Å². The van der Waals surface area contributed by atoms with Gasteiger partial charge in [-0.2, -0.15) is 4.98 Å². The SMILES string of the molecule is Cc1ccc(-c2nc(C3CCCC3)no2)cn1. The Kier molecular flexibility index (Phi) is 2.63. The first kappa shape index (κ1) is 10.4. The smallest absolute Gasteiger partial charge is 0.259 e. The Bertz CT molecular complexity index is 498. The fraction of sp³-hybridized carbons (Fsp3) is 0.462. The van der Waals surface area contributed by atoms with Crippen molar-refractivity contribution in [2.75, 3.05) is 0 Å². The highest BCUT2D eigenvalue weighted by atomic mass is 16.5. The number of pyridine rings is 1. The number of nitrogens with zero attached hydrogens (tertiary/aromatic N) is 3. The Morgan fingerprint density at radius 1 is 1.24 bits per heavy atom. The van der Waals surface area contributed by atoms with Crippen LogP contribution >= 0.6 is 0 Å². The van der Waals surface area contributed by atoms with Crippen LogP contribution in [0.2, 0.25) is 0 Å². The first-order valence-electron chi connectivity index (χ1n) is 6.09.